The number of benzene rings is 1. The van der Waals surface area contributed by atoms with Crippen LogP contribution in [0.25, 0.3) is 0 Å². The van der Waals surface area contributed by atoms with Crippen LogP contribution >= 0.6 is 47.3 Å². The summed E-state index contributed by atoms with van der Waals surface area (Å²) in [6.07, 6.45) is 2.09. The number of aliphatic imine (C=N–C) groups is 1. The van der Waals surface area contributed by atoms with Crippen molar-refractivity contribution >= 4 is 53.3 Å². The molecular weight excluding hydrogens is 449 g/mol. The quantitative estimate of drug-likeness (QED) is 0.289. The zero-order chi connectivity index (χ0) is 15.8. The second-order valence-electron chi connectivity index (χ2n) is 4.72. The van der Waals surface area contributed by atoms with Gasteiger partial charge in [-0.15, -0.1) is 24.0 Å². The van der Waals surface area contributed by atoms with Crippen LogP contribution < -0.4 is 20.1 Å². The van der Waals surface area contributed by atoms with E-state index in [1.807, 2.05) is 19.1 Å². The fourth-order valence-corrected chi connectivity index (χ4v) is 2.63. The standard InChI is InChI=1S/C15H22ClN3O2S.HI/c1-3-17-15(18-4-7-22-2)19-10-11-8-12(16)14-13(9-11)20-5-6-21-14;/h8-9H,3-7,10H2,1-2H3,(H2,17,18,19);1H. The first kappa shape index (κ1) is 20.5. The van der Waals surface area contributed by atoms with Crippen molar-refractivity contribution in [3.63, 3.8) is 0 Å². The van der Waals surface area contributed by atoms with Gasteiger partial charge in [0.15, 0.2) is 17.5 Å². The van der Waals surface area contributed by atoms with Gasteiger partial charge in [-0.2, -0.15) is 11.8 Å². The van der Waals surface area contributed by atoms with Gasteiger partial charge in [0.05, 0.1) is 11.6 Å². The fourth-order valence-electron chi connectivity index (χ4n) is 2.04. The molecule has 0 saturated heterocycles. The van der Waals surface area contributed by atoms with Gasteiger partial charge in [-0.05, 0) is 30.9 Å². The molecule has 5 nitrogen and oxygen atoms in total. The Morgan fingerprint density at radius 2 is 2.09 bits per heavy atom. The number of nitrogens with zero attached hydrogens (tertiary/aromatic N) is 1. The van der Waals surface area contributed by atoms with Crippen molar-refractivity contribution < 1.29 is 9.47 Å². The van der Waals surface area contributed by atoms with Crippen LogP contribution in [0.1, 0.15) is 12.5 Å². The van der Waals surface area contributed by atoms with Gasteiger partial charge < -0.3 is 20.1 Å². The second kappa shape index (κ2) is 11.1. The van der Waals surface area contributed by atoms with Crippen LogP contribution in [0.2, 0.25) is 5.02 Å². The van der Waals surface area contributed by atoms with E-state index in [0.717, 1.165) is 30.4 Å². The Bertz CT molecular complexity index is 532. The summed E-state index contributed by atoms with van der Waals surface area (Å²) < 4.78 is 11.1. The molecule has 23 heavy (non-hydrogen) atoms. The molecule has 0 bridgehead atoms. The smallest absolute Gasteiger partial charge is 0.191 e. The summed E-state index contributed by atoms with van der Waals surface area (Å²) in [5.74, 6) is 3.18. The van der Waals surface area contributed by atoms with E-state index >= 15 is 0 Å². The lowest BCUT2D eigenvalue weighted by atomic mass is 10.2. The van der Waals surface area contributed by atoms with Gasteiger partial charge in [0.2, 0.25) is 0 Å². The highest BCUT2D eigenvalue weighted by Crippen LogP contribution is 2.38. The molecule has 0 radical (unpaired) electrons. The summed E-state index contributed by atoms with van der Waals surface area (Å²) in [6, 6.07) is 3.82. The molecule has 0 aromatic heterocycles. The number of halogens is 2. The number of nitrogens with one attached hydrogen (secondary N) is 2. The molecule has 0 aliphatic carbocycles. The maximum absolute atomic E-state index is 6.24. The lowest BCUT2D eigenvalue weighted by Gasteiger charge is -2.20. The number of rotatable bonds is 6. The van der Waals surface area contributed by atoms with Gasteiger partial charge in [-0.25, -0.2) is 4.99 Å². The summed E-state index contributed by atoms with van der Waals surface area (Å²) in [5.41, 5.74) is 0.997. The molecule has 0 atom stereocenters. The predicted molar refractivity (Wildman–Crippen MR) is 109 cm³/mol. The van der Waals surface area contributed by atoms with Crippen molar-refractivity contribution in [3.05, 3.63) is 22.7 Å². The third kappa shape index (κ3) is 6.46. The molecule has 0 spiro atoms. The van der Waals surface area contributed by atoms with Crippen molar-refractivity contribution in [3.8, 4) is 11.5 Å². The predicted octanol–water partition coefficient (Wildman–Crippen LogP) is 3.15. The highest BCUT2D eigenvalue weighted by Gasteiger charge is 2.16. The van der Waals surface area contributed by atoms with E-state index in [1.165, 1.54) is 0 Å². The molecule has 1 aliphatic heterocycles. The van der Waals surface area contributed by atoms with E-state index in [2.05, 4.69) is 21.9 Å². The average molecular weight is 472 g/mol. The SMILES string of the molecule is CCNC(=NCc1cc(Cl)c2c(c1)OCCO2)NCCSC.I. The molecule has 1 aliphatic rings. The summed E-state index contributed by atoms with van der Waals surface area (Å²) in [7, 11) is 0. The molecule has 1 heterocycles. The largest absolute Gasteiger partial charge is 0.486 e. The highest BCUT2D eigenvalue weighted by molar-refractivity contribution is 14.0. The minimum absolute atomic E-state index is 0. The summed E-state index contributed by atoms with van der Waals surface area (Å²) in [4.78, 5) is 4.58. The van der Waals surface area contributed by atoms with Crippen molar-refractivity contribution in [1.82, 2.24) is 10.6 Å². The van der Waals surface area contributed by atoms with Gasteiger partial charge in [-0.3, -0.25) is 0 Å². The first-order valence-corrected chi connectivity index (χ1v) is 9.11. The monoisotopic (exact) mass is 471 g/mol. The molecule has 0 saturated carbocycles. The molecule has 0 unspecified atom stereocenters. The Morgan fingerprint density at radius 3 is 2.83 bits per heavy atom. The maximum Gasteiger partial charge on any atom is 0.191 e. The third-order valence-electron chi connectivity index (χ3n) is 3.02. The first-order valence-electron chi connectivity index (χ1n) is 7.33. The van der Waals surface area contributed by atoms with E-state index in [1.54, 1.807) is 11.8 Å². The molecular formula is C15H23ClIN3O2S. The zero-order valence-electron chi connectivity index (χ0n) is 13.4. The van der Waals surface area contributed by atoms with Gasteiger partial charge in [0.1, 0.15) is 13.2 Å². The van der Waals surface area contributed by atoms with Gasteiger partial charge >= 0.3 is 0 Å². The van der Waals surface area contributed by atoms with E-state index in [0.29, 0.717) is 36.3 Å². The highest BCUT2D eigenvalue weighted by atomic mass is 127. The molecule has 8 heteroatoms. The first-order chi connectivity index (χ1) is 10.7. The van der Waals surface area contributed by atoms with Gasteiger partial charge in [-0.1, -0.05) is 11.6 Å². The normalized spacial score (nSPS) is 13.3. The lowest BCUT2D eigenvalue weighted by molar-refractivity contribution is 0.171. The van der Waals surface area contributed by atoms with E-state index in [4.69, 9.17) is 21.1 Å². The minimum atomic E-state index is 0. The second-order valence-corrected chi connectivity index (χ2v) is 6.11. The Balaban J connectivity index is 0.00000264. The Kier molecular flexibility index (Phi) is 9.89. The summed E-state index contributed by atoms with van der Waals surface area (Å²) in [5, 5.41) is 7.10. The van der Waals surface area contributed by atoms with Gasteiger partial charge in [0, 0.05) is 18.8 Å². The number of hydrogen-bond donors (Lipinski definition) is 2. The Labute approximate surface area is 164 Å². The van der Waals surface area contributed by atoms with Crippen molar-refractivity contribution in [2.75, 3.05) is 38.3 Å². The maximum atomic E-state index is 6.24. The summed E-state index contributed by atoms with van der Waals surface area (Å²) >= 11 is 8.04. The van der Waals surface area contributed by atoms with Crippen molar-refractivity contribution in [2.45, 2.75) is 13.5 Å². The Hall–Kier alpha value is -0.540. The van der Waals surface area contributed by atoms with Crippen molar-refractivity contribution in [2.24, 2.45) is 4.99 Å². The van der Waals surface area contributed by atoms with Crippen LogP contribution in [0.4, 0.5) is 0 Å². The Morgan fingerprint density at radius 1 is 1.30 bits per heavy atom. The number of guanidine groups is 1. The number of ether oxygens (including phenoxy) is 2. The van der Waals surface area contributed by atoms with Crippen LogP contribution in [-0.4, -0.2) is 44.3 Å². The minimum Gasteiger partial charge on any atom is -0.486 e. The fraction of sp³-hybridized carbons (Fsp3) is 0.533. The van der Waals surface area contributed by atoms with Gasteiger partial charge in [0.25, 0.3) is 0 Å². The molecule has 0 fully saturated rings. The third-order valence-corrected chi connectivity index (χ3v) is 3.91. The number of hydrogen-bond acceptors (Lipinski definition) is 4. The van der Waals surface area contributed by atoms with Crippen LogP contribution in [0.15, 0.2) is 17.1 Å². The zero-order valence-corrected chi connectivity index (χ0v) is 17.3. The van der Waals surface area contributed by atoms with Crippen molar-refractivity contribution in [1.29, 1.82) is 0 Å². The number of thioether (sulfide) groups is 1. The molecule has 1 aromatic rings. The molecule has 2 rings (SSSR count). The van der Waals surface area contributed by atoms with Crippen LogP contribution in [0, 0.1) is 0 Å². The lowest BCUT2D eigenvalue weighted by Crippen LogP contribution is -2.38. The topological polar surface area (TPSA) is 54.9 Å². The average Bonchev–Trinajstić information content (AvgIpc) is 2.53. The molecule has 130 valence electrons. The van der Waals surface area contributed by atoms with E-state index in [-0.39, 0.29) is 24.0 Å². The van der Waals surface area contributed by atoms with Crippen LogP contribution in [0.5, 0.6) is 11.5 Å². The molecule has 1 aromatic carbocycles. The van der Waals surface area contributed by atoms with E-state index in [9.17, 15) is 0 Å². The van der Waals surface area contributed by atoms with Crippen LogP contribution in [0.3, 0.4) is 0 Å². The summed E-state index contributed by atoms with van der Waals surface area (Å²) in [6.45, 7) is 5.38. The van der Waals surface area contributed by atoms with E-state index < -0.39 is 0 Å². The molecule has 0 amide bonds. The van der Waals surface area contributed by atoms with Crippen LogP contribution in [-0.2, 0) is 6.54 Å². The number of fused-ring (bicyclic) bond motifs is 1. The molecule has 2 N–H and O–H groups in total.